The maximum absolute atomic E-state index is 5.76. The maximum Gasteiger partial charge on any atom is 0.136 e. The molecule has 0 saturated carbocycles. The van der Waals surface area contributed by atoms with Crippen molar-refractivity contribution in [1.29, 1.82) is 0 Å². The summed E-state index contributed by atoms with van der Waals surface area (Å²) in [5, 5.41) is 10.7. The molecule has 1 heterocycles. The molecule has 0 aromatic heterocycles. The molecule has 0 N–H and O–H groups in total. The zero-order valence-corrected chi connectivity index (χ0v) is 9.02. The summed E-state index contributed by atoms with van der Waals surface area (Å²) < 4.78 is 5.24. The average Bonchev–Trinajstić information content (AvgIpc) is 2.30. The molecule has 4 nitrogen and oxygen atoms in total. The predicted octanol–water partition coefficient (Wildman–Crippen LogP) is 3.02. The molecule has 0 spiro atoms. The Bertz CT molecular complexity index is 333. The van der Waals surface area contributed by atoms with Crippen LogP contribution in [0.4, 0.5) is 5.69 Å². The van der Waals surface area contributed by atoms with Gasteiger partial charge in [-0.3, -0.25) is 5.01 Å². The van der Waals surface area contributed by atoms with Crippen LogP contribution in [0.15, 0.2) is 34.6 Å². The third-order valence-corrected chi connectivity index (χ3v) is 2.31. The van der Waals surface area contributed by atoms with E-state index in [-0.39, 0.29) is 0 Å². The highest BCUT2D eigenvalue weighted by molar-refractivity contribution is 6.30. The topological polar surface area (TPSA) is 37.2 Å². The quantitative estimate of drug-likeness (QED) is 0.726. The first-order chi connectivity index (χ1) is 7.34. The van der Waals surface area contributed by atoms with Crippen LogP contribution in [0, 0.1) is 0 Å². The Balaban J connectivity index is 1.95. The highest BCUT2D eigenvalue weighted by Crippen LogP contribution is 2.17. The number of ether oxygens (including phenoxy) is 1. The van der Waals surface area contributed by atoms with Crippen molar-refractivity contribution in [2.24, 2.45) is 10.3 Å². The smallest absolute Gasteiger partial charge is 0.136 e. The number of hydrogen-bond acceptors (Lipinski definition) is 3. The summed E-state index contributed by atoms with van der Waals surface area (Å²) in [5.74, 6) is 0. The highest BCUT2D eigenvalue weighted by Gasteiger charge is 2.06. The molecule has 1 fully saturated rings. The van der Waals surface area contributed by atoms with Crippen LogP contribution < -0.4 is 0 Å². The van der Waals surface area contributed by atoms with Gasteiger partial charge in [-0.1, -0.05) is 16.8 Å². The number of rotatable bonds is 2. The average molecular weight is 226 g/mol. The number of hydrogen-bond donors (Lipinski definition) is 0. The first kappa shape index (κ1) is 10.4. The molecule has 0 radical (unpaired) electrons. The van der Waals surface area contributed by atoms with E-state index in [0.29, 0.717) is 11.8 Å². The lowest BCUT2D eigenvalue weighted by molar-refractivity contribution is -0.0163. The third kappa shape index (κ3) is 3.18. The van der Waals surface area contributed by atoms with Crippen LogP contribution in [0.2, 0.25) is 5.02 Å². The Labute approximate surface area is 93.5 Å². The van der Waals surface area contributed by atoms with E-state index >= 15 is 0 Å². The van der Waals surface area contributed by atoms with Crippen molar-refractivity contribution in [2.45, 2.75) is 6.42 Å². The summed E-state index contributed by atoms with van der Waals surface area (Å²) in [4.78, 5) is 0. The minimum Gasteiger partial charge on any atom is -0.359 e. The van der Waals surface area contributed by atoms with E-state index in [1.54, 1.807) is 17.1 Å². The van der Waals surface area contributed by atoms with E-state index in [1.165, 1.54) is 0 Å². The molecule has 0 amide bonds. The molecule has 1 aromatic carbocycles. The van der Waals surface area contributed by atoms with Gasteiger partial charge < -0.3 is 4.74 Å². The third-order valence-electron chi connectivity index (χ3n) is 2.06. The fraction of sp³-hybridized carbons (Fsp3) is 0.400. The first-order valence-electron chi connectivity index (χ1n) is 4.84. The molecular formula is C10H12ClN3O. The van der Waals surface area contributed by atoms with Gasteiger partial charge in [-0.15, -0.1) is 5.11 Å². The van der Waals surface area contributed by atoms with Crippen molar-refractivity contribution in [1.82, 2.24) is 5.01 Å². The van der Waals surface area contributed by atoms with E-state index in [2.05, 4.69) is 10.3 Å². The lowest BCUT2D eigenvalue weighted by Gasteiger charge is -2.21. The Morgan fingerprint density at radius 2 is 2.07 bits per heavy atom. The molecule has 0 bridgehead atoms. The minimum absolute atomic E-state index is 0.525. The molecule has 0 atom stereocenters. The van der Waals surface area contributed by atoms with Gasteiger partial charge in [-0.05, 0) is 30.7 Å². The van der Waals surface area contributed by atoms with E-state index in [4.69, 9.17) is 16.3 Å². The van der Waals surface area contributed by atoms with E-state index in [0.717, 1.165) is 25.3 Å². The highest BCUT2D eigenvalue weighted by atomic mass is 35.5. The first-order valence-corrected chi connectivity index (χ1v) is 5.22. The lowest BCUT2D eigenvalue weighted by atomic mass is 10.3. The molecule has 0 aliphatic carbocycles. The van der Waals surface area contributed by atoms with Gasteiger partial charge in [0, 0.05) is 11.6 Å². The monoisotopic (exact) mass is 225 g/mol. The van der Waals surface area contributed by atoms with Gasteiger partial charge in [0.15, 0.2) is 0 Å². The summed E-state index contributed by atoms with van der Waals surface area (Å²) in [6.45, 7) is 2.24. The largest absolute Gasteiger partial charge is 0.359 e. The van der Waals surface area contributed by atoms with E-state index in [9.17, 15) is 0 Å². The zero-order valence-electron chi connectivity index (χ0n) is 8.27. The number of nitrogens with zero attached hydrogens (tertiary/aromatic N) is 3. The minimum atomic E-state index is 0.525. The molecule has 15 heavy (non-hydrogen) atoms. The van der Waals surface area contributed by atoms with Gasteiger partial charge in [0.1, 0.15) is 6.73 Å². The van der Waals surface area contributed by atoms with Gasteiger partial charge in [0.05, 0.1) is 12.3 Å². The molecule has 80 valence electrons. The molecule has 1 aromatic rings. The van der Waals surface area contributed by atoms with Gasteiger partial charge in [-0.2, -0.15) is 0 Å². The van der Waals surface area contributed by atoms with E-state index in [1.807, 2.05) is 12.1 Å². The Hall–Kier alpha value is -1.13. The molecule has 0 unspecified atom stereocenters. The van der Waals surface area contributed by atoms with Crippen LogP contribution in [0.5, 0.6) is 0 Å². The molecule has 2 rings (SSSR count). The fourth-order valence-corrected chi connectivity index (χ4v) is 1.40. The number of benzene rings is 1. The standard InChI is InChI=1S/C10H12ClN3O/c11-9-2-4-10(5-3-9)12-13-14-6-1-7-15-8-14/h2-5H,1,6-8H2. The van der Waals surface area contributed by atoms with Crippen LogP contribution in [0.3, 0.4) is 0 Å². The van der Waals surface area contributed by atoms with Crippen molar-refractivity contribution in [3.05, 3.63) is 29.3 Å². The van der Waals surface area contributed by atoms with Gasteiger partial charge >= 0.3 is 0 Å². The van der Waals surface area contributed by atoms with Crippen molar-refractivity contribution >= 4 is 17.3 Å². The summed E-state index contributed by atoms with van der Waals surface area (Å²) in [5.41, 5.74) is 0.796. The van der Waals surface area contributed by atoms with Gasteiger partial charge in [0.25, 0.3) is 0 Å². The van der Waals surface area contributed by atoms with Crippen LogP contribution in [0.25, 0.3) is 0 Å². The van der Waals surface area contributed by atoms with Gasteiger partial charge in [-0.25, -0.2) is 0 Å². The fourth-order valence-electron chi connectivity index (χ4n) is 1.28. The maximum atomic E-state index is 5.76. The van der Waals surface area contributed by atoms with Crippen molar-refractivity contribution < 1.29 is 4.74 Å². The van der Waals surface area contributed by atoms with Crippen LogP contribution in [-0.2, 0) is 4.74 Å². The lowest BCUT2D eigenvalue weighted by Crippen LogP contribution is -2.28. The van der Waals surface area contributed by atoms with Gasteiger partial charge in [0.2, 0.25) is 0 Å². The van der Waals surface area contributed by atoms with Crippen molar-refractivity contribution in [3.8, 4) is 0 Å². The molecule has 1 saturated heterocycles. The Morgan fingerprint density at radius 3 is 2.73 bits per heavy atom. The van der Waals surface area contributed by atoms with E-state index < -0.39 is 0 Å². The van der Waals surface area contributed by atoms with Crippen molar-refractivity contribution in [2.75, 3.05) is 19.9 Å². The Kier molecular flexibility index (Phi) is 3.53. The summed E-state index contributed by atoms with van der Waals surface area (Å²) in [7, 11) is 0. The van der Waals surface area contributed by atoms with Crippen LogP contribution >= 0.6 is 11.6 Å². The molecule has 1 aliphatic heterocycles. The normalized spacial score (nSPS) is 17.3. The predicted molar refractivity (Wildman–Crippen MR) is 58.1 cm³/mol. The Morgan fingerprint density at radius 1 is 1.27 bits per heavy atom. The molecule has 1 aliphatic rings. The summed E-state index contributed by atoms with van der Waals surface area (Å²) in [6.07, 6.45) is 1.000. The number of halogens is 1. The zero-order chi connectivity index (χ0) is 10.5. The van der Waals surface area contributed by atoms with Crippen LogP contribution in [0.1, 0.15) is 6.42 Å². The summed E-state index contributed by atoms with van der Waals surface area (Å²) >= 11 is 5.76. The van der Waals surface area contributed by atoms with Crippen LogP contribution in [-0.4, -0.2) is 24.9 Å². The second kappa shape index (κ2) is 5.09. The molecule has 5 heteroatoms. The second-order valence-electron chi connectivity index (χ2n) is 3.29. The summed E-state index contributed by atoms with van der Waals surface area (Å²) in [6, 6.07) is 7.25. The second-order valence-corrected chi connectivity index (χ2v) is 3.72. The SMILES string of the molecule is Clc1ccc(N=NN2CCCOC2)cc1. The van der Waals surface area contributed by atoms with Crippen molar-refractivity contribution in [3.63, 3.8) is 0 Å². The molecular weight excluding hydrogens is 214 g/mol.